The van der Waals surface area contributed by atoms with Crippen molar-refractivity contribution in [3.63, 3.8) is 0 Å². The van der Waals surface area contributed by atoms with Gasteiger partial charge in [-0.2, -0.15) is 5.26 Å². The molecule has 0 unspecified atom stereocenters. The molecule has 1 saturated heterocycles. The van der Waals surface area contributed by atoms with E-state index in [1.807, 2.05) is 13.8 Å². The Morgan fingerprint density at radius 1 is 1.27 bits per heavy atom. The average Bonchev–Trinajstić information content (AvgIpc) is 2.61. The van der Waals surface area contributed by atoms with E-state index in [4.69, 9.17) is 14.7 Å². The fraction of sp³-hybridized carbons (Fsp3) is 0.917. The van der Waals surface area contributed by atoms with Gasteiger partial charge >= 0.3 is 0 Å². The van der Waals surface area contributed by atoms with Crippen LogP contribution in [0.3, 0.4) is 0 Å². The van der Waals surface area contributed by atoms with Crippen LogP contribution in [0.2, 0.25) is 0 Å². The van der Waals surface area contributed by atoms with Crippen LogP contribution in [-0.4, -0.2) is 18.0 Å². The minimum absolute atomic E-state index is 0.143. The molecule has 15 heavy (non-hydrogen) atoms. The van der Waals surface area contributed by atoms with Gasteiger partial charge in [0.2, 0.25) is 0 Å². The Balaban J connectivity index is 2.12. The highest BCUT2D eigenvalue weighted by molar-refractivity contribution is 4.99. The van der Waals surface area contributed by atoms with E-state index in [1.54, 1.807) is 0 Å². The molecule has 0 aromatic carbocycles. The number of fused-ring (bicyclic) bond motifs is 1. The Bertz CT molecular complexity index is 282. The first kappa shape index (κ1) is 10.9. The van der Waals surface area contributed by atoms with Gasteiger partial charge in [-0.3, -0.25) is 0 Å². The maximum atomic E-state index is 8.79. The predicted molar refractivity (Wildman–Crippen MR) is 55.9 cm³/mol. The van der Waals surface area contributed by atoms with Crippen molar-refractivity contribution in [3.8, 4) is 6.07 Å². The molecule has 1 saturated carbocycles. The molecule has 0 amide bonds. The van der Waals surface area contributed by atoms with E-state index in [2.05, 4.69) is 13.0 Å². The lowest BCUT2D eigenvalue weighted by molar-refractivity contribution is -0.161. The van der Waals surface area contributed by atoms with Crippen molar-refractivity contribution in [1.29, 1.82) is 5.26 Å². The fourth-order valence-electron chi connectivity index (χ4n) is 2.92. The second-order valence-electron chi connectivity index (χ2n) is 5.09. The predicted octanol–water partition coefficient (Wildman–Crippen LogP) is 2.47. The first-order chi connectivity index (χ1) is 7.07. The molecule has 3 heteroatoms. The molecule has 2 fully saturated rings. The zero-order valence-electron chi connectivity index (χ0n) is 9.69. The van der Waals surface area contributed by atoms with Crippen molar-refractivity contribution in [2.24, 2.45) is 11.8 Å². The number of rotatable bonds is 2. The van der Waals surface area contributed by atoms with Gasteiger partial charge in [0, 0.05) is 12.3 Å². The summed E-state index contributed by atoms with van der Waals surface area (Å²) in [6.07, 6.45) is 3.14. The molecule has 3 nitrogen and oxygen atoms in total. The third-order valence-corrected chi connectivity index (χ3v) is 3.58. The average molecular weight is 209 g/mol. The van der Waals surface area contributed by atoms with Gasteiger partial charge in [0.1, 0.15) is 0 Å². The maximum Gasteiger partial charge on any atom is 0.163 e. The van der Waals surface area contributed by atoms with Crippen LogP contribution in [0.1, 0.15) is 40.0 Å². The Kier molecular flexibility index (Phi) is 2.74. The SMILES string of the molecule is CC[C@H]1C[C@@H](CC#N)[C@@H]2OC(C)(C)O[C@H]12. The molecule has 2 rings (SSSR count). The van der Waals surface area contributed by atoms with Gasteiger partial charge in [0.05, 0.1) is 18.3 Å². The molecule has 84 valence electrons. The number of hydrogen-bond donors (Lipinski definition) is 0. The van der Waals surface area contributed by atoms with E-state index in [1.165, 1.54) is 0 Å². The lowest BCUT2D eigenvalue weighted by Gasteiger charge is -2.22. The van der Waals surface area contributed by atoms with E-state index in [9.17, 15) is 0 Å². The van der Waals surface area contributed by atoms with E-state index < -0.39 is 5.79 Å². The number of nitriles is 1. The zero-order valence-corrected chi connectivity index (χ0v) is 9.69. The smallest absolute Gasteiger partial charge is 0.163 e. The van der Waals surface area contributed by atoms with Gasteiger partial charge in [-0.1, -0.05) is 13.3 Å². The Hall–Kier alpha value is -0.590. The van der Waals surface area contributed by atoms with E-state index in [0.717, 1.165) is 12.8 Å². The summed E-state index contributed by atoms with van der Waals surface area (Å²) in [6, 6.07) is 2.26. The lowest BCUT2D eigenvalue weighted by atomic mass is 10.00. The van der Waals surface area contributed by atoms with Gasteiger partial charge in [-0.15, -0.1) is 0 Å². The minimum Gasteiger partial charge on any atom is -0.344 e. The molecule has 1 heterocycles. The third-order valence-electron chi connectivity index (χ3n) is 3.58. The van der Waals surface area contributed by atoms with E-state index in [-0.39, 0.29) is 12.2 Å². The zero-order chi connectivity index (χ0) is 11.1. The second kappa shape index (κ2) is 3.77. The molecule has 0 aromatic rings. The minimum atomic E-state index is -0.461. The molecule has 4 atom stereocenters. The van der Waals surface area contributed by atoms with Crippen LogP contribution in [0, 0.1) is 23.2 Å². The standard InChI is InChI=1S/C12H19NO2/c1-4-8-7-9(5-6-13)11-10(8)14-12(2,3)15-11/h8-11H,4-5,7H2,1-3H3/t8-,9+,10+,11-/m0/s1. The summed E-state index contributed by atoms with van der Waals surface area (Å²) >= 11 is 0. The van der Waals surface area contributed by atoms with E-state index >= 15 is 0 Å². The maximum absolute atomic E-state index is 8.79. The molecule has 1 aliphatic heterocycles. The molecular formula is C12H19NO2. The largest absolute Gasteiger partial charge is 0.344 e. The highest BCUT2D eigenvalue weighted by atomic mass is 16.8. The summed E-state index contributed by atoms with van der Waals surface area (Å²) in [7, 11) is 0. The van der Waals surface area contributed by atoms with Crippen LogP contribution in [0.4, 0.5) is 0 Å². The van der Waals surface area contributed by atoms with Gasteiger partial charge in [-0.25, -0.2) is 0 Å². The summed E-state index contributed by atoms with van der Waals surface area (Å²) < 4.78 is 11.8. The number of ether oxygens (including phenoxy) is 2. The van der Waals surface area contributed by atoms with Crippen molar-refractivity contribution >= 4 is 0 Å². The highest BCUT2D eigenvalue weighted by Crippen LogP contribution is 2.46. The highest BCUT2D eigenvalue weighted by Gasteiger charge is 2.52. The van der Waals surface area contributed by atoms with Crippen LogP contribution in [0.25, 0.3) is 0 Å². The number of hydrogen-bond acceptors (Lipinski definition) is 3. The molecule has 0 N–H and O–H groups in total. The monoisotopic (exact) mass is 209 g/mol. The van der Waals surface area contributed by atoms with Crippen molar-refractivity contribution in [3.05, 3.63) is 0 Å². The quantitative estimate of drug-likeness (QED) is 0.701. The summed E-state index contributed by atoms with van der Waals surface area (Å²) in [5.41, 5.74) is 0. The third kappa shape index (κ3) is 1.89. The lowest BCUT2D eigenvalue weighted by Crippen LogP contribution is -2.25. The summed E-state index contributed by atoms with van der Waals surface area (Å²) in [6.45, 7) is 6.11. The molecule has 0 bridgehead atoms. The summed E-state index contributed by atoms with van der Waals surface area (Å²) in [4.78, 5) is 0. The second-order valence-corrected chi connectivity index (χ2v) is 5.09. The summed E-state index contributed by atoms with van der Waals surface area (Å²) in [5, 5.41) is 8.79. The number of nitrogens with zero attached hydrogens (tertiary/aromatic N) is 1. The van der Waals surface area contributed by atoms with Crippen LogP contribution in [0.15, 0.2) is 0 Å². The molecule has 0 aromatic heterocycles. The van der Waals surface area contributed by atoms with Crippen LogP contribution >= 0.6 is 0 Å². The molecule has 0 radical (unpaired) electrons. The Morgan fingerprint density at radius 3 is 2.40 bits per heavy atom. The molecule has 1 aliphatic carbocycles. The normalized spacial score (nSPS) is 42.5. The van der Waals surface area contributed by atoms with Crippen LogP contribution in [-0.2, 0) is 9.47 Å². The van der Waals surface area contributed by atoms with Gasteiger partial charge < -0.3 is 9.47 Å². The van der Waals surface area contributed by atoms with Crippen molar-refractivity contribution in [1.82, 2.24) is 0 Å². The fourth-order valence-corrected chi connectivity index (χ4v) is 2.92. The topological polar surface area (TPSA) is 42.2 Å². The molecular weight excluding hydrogens is 190 g/mol. The summed E-state index contributed by atoms with van der Waals surface area (Å²) in [5.74, 6) is 0.471. The Morgan fingerprint density at radius 2 is 1.87 bits per heavy atom. The van der Waals surface area contributed by atoms with Crippen molar-refractivity contribution < 1.29 is 9.47 Å². The molecule has 0 spiro atoms. The Labute approximate surface area is 91.4 Å². The van der Waals surface area contributed by atoms with Gasteiger partial charge in [0.15, 0.2) is 5.79 Å². The van der Waals surface area contributed by atoms with Crippen molar-refractivity contribution in [2.75, 3.05) is 0 Å². The van der Waals surface area contributed by atoms with E-state index in [0.29, 0.717) is 18.3 Å². The molecule has 2 aliphatic rings. The first-order valence-corrected chi connectivity index (χ1v) is 5.80. The van der Waals surface area contributed by atoms with Crippen LogP contribution in [0.5, 0.6) is 0 Å². The van der Waals surface area contributed by atoms with Crippen molar-refractivity contribution in [2.45, 2.75) is 58.0 Å². The van der Waals surface area contributed by atoms with Crippen LogP contribution < -0.4 is 0 Å². The first-order valence-electron chi connectivity index (χ1n) is 5.80. The van der Waals surface area contributed by atoms with Gasteiger partial charge in [-0.05, 0) is 26.2 Å². The van der Waals surface area contributed by atoms with Gasteiger partial charge in [0.25, 0.3) is 0 Å².